The molecule has 1 N–H and O–H groups in total. The third-order valence-corrected chi connectivity index (χ3v) is 3.95. The number of hydrogen-bond acceptors (Lipinski definition) is 2. The van der Waals surface area contributed by atoms with Gasteiger partial charge >= 0.3 is 5.97 Å². The van der Waals surface area contributed by atoms with E-state index in [-0.39, 0.29) is 17.4 Å². The highest BCUT2D eigenvalue weighted by Crippen LogP contribution is 2.43. The van der Waals surface area contributed by atoms with Crippen molar-refractivity contribution < 1.29 is 19.1 Å². The van der Waals surface area contributed by atoms with E-state index in [1.165, 1.54) is 17.0 Å². The second kappa shape index (κ2) is 5.30. The summed E-state index contributed by atoms with van der Waals surface area (Å²) < 4.78 is 13.7. The molecule has 6 heteroatoms. The highest BCUT2D eigenvalue weighted by Gasteiger charge is 2.48. The second-order valence-electron chi connectivity index (χ2n) is 6.20. The molecule has 1 fully saturated rings. The predicted octanol–water partition coefficient (Wildman–Crippen LogP) is 3.25. The van der Waals surface area contributed by atoms with Gasteiger partial charge in [0.25, 0.3) is 0 Å². The molecule has 2 rings (SSSR count). The van der Waals surface area contributed by atoms with E-state index in [0.29, 0.717) is 5.56 Å². The van der Waals surface area contributed by atoms with Crippen molar-refractivity contribution in [1.82, 2.24) is 4.90 Å². The lowest BCUT2D eigenvalue weighted by Gasteiger charge is -2.38. The van der Waals surface area contributed by atoms with Gasteiger partial charge in [0.1, 0.15) is 5.82 Å². The Hall–Kier alpha value is -1.62. The zero-order chi connectivity index (χ0) is 15.9. The maximum Gasteiger partial charge on any atom is 0.309 e. The molecular weight excluding hydrogens is 297 g/mol. The van der Waals surface area contributed by atoms with Gasteiger partial charge in [-0.05, 0) is 38.5 Å². The molecule has 1 aromatic rings. The maximum absolute atomic E-state index is 13.7. The van der Waals surface area contributed by atoms with Crippen molar-refractivity contribution in [3.63, 3.8) is 0 Å². The van der Waals surface area contributed by atoms with Crippen LogP contribution in [0.4, 0.5) is 4.39 Å². The fourth-order valence-corrected chi connectivity index (χ4v) is 2.94. The molecule has 1 aliphatic rings. The van der Waals surface area contributed by atoms with Crippen LogP contribution < -0.4 is 0 Å². The lowest BCUT2D eigenvalue weighted by atomic mass is 9.91. The molecule has 1 amide bonds. The number of rotatable bonds is 2. The van der Waals surface area contributed by atoms with E-state index in [2.05, 4.69) is 0 Å². The first kappa shape index (κ1) is 15.8. The topological polar surface area (TPSA) is 57.6 Å². The van der Waals surface area contributed by atoms with Crippen LogP contribution in [0, 0.1) is 11.7 Å². The molecule has 1 saturated heterocycles. The van der Waals surface area contributed by atoms with Crippen molar-refractivity contribution in [2.75, 3.05) is 0 Å². The average Bonchev–Trinajstić information content (AvgIpc) is 2.70. The summed E-state index contributed by atoms with van der Waals surface area (Å²) in [6, 6.07) is 3.47. The van der Waals surface area contributed by atoms with Crippen molar-refractivity contribution >= 4 is 23.5 Å². The summed E-state index contributed by atoms with van der Waals surface area (Å²) in [5.41, 5.74) is -0.104. The Labute approximate surface area is 127 Å². The van der Waals surface area contributed by atoms with Crippen LogP contribution in [0.5, 0.6) is 0 Å². The first-order chi connectivity index (χ1) is 9.62. The summed E-state index contributed by atoms with van der Waals surface area (Å²) >= 11 is 5.67. The molecular formula is C15H17ClFNO3. The lowest BCUT2D eigenvalue weighted by molar-refractivity contribution is -0.142. The van der Waals surface area contributed by atoms with Gasteiger partial charge in [0.05, 0.1) is 17.0 Å². The van der Waals surface area contributed by atoms with Crippen LogP contribution in [0.25, 0.3) is 0 Å². The van der Waals surface area contributed by atoms with Gasteiger partial charge < -0.3 is 10.0 Å². The first-order valence-corrected chi connectivity index (χ1v) is 7.00. The fraction of sp³-hybridized carbons (Fsp3) is 0.467. The smallest absolute Gasteiger partial charge is 0.309 e. The van der Waals surface area contributed by atoms with Gasteiger partial charge in [-0.2, -0.15) is 0 Å². The fourth-order valence-electron chi connectivity index (χ4n) is 2.82. The Morgan fingerprint density at radius 2 is 2.05 bits per heavy atom. The van der Waals surface area contributed by atoms with E-state index in [0.717, 1.165) is 0 Å². The average molecular weight is 314 g/mol. The van der Waals surface area contributed by atoms with Crippen molar-refractivity contribution in [2.24, 2.45) is 5.92 Å². The number of amides is 1. The first-order valence-electron chi connectivity index (χ1n) is 6.63. The van der Waals surface area contributed by atoms with Crippen LogP contribution in [-0.2, 0) is 9.59 Å². The Bertz CT molecular complexity index is 597. The van der Waals surface area contributed by atoms with Crippen LogP contribution in [0.3, 0.4) is 0 Å². The number of nitrogens with zero attached hydrogens (tertiary/aromatic N) is 1. The SMILES string of the molecule is CC(C)(C)N1C(=O)C[C@H](C(=O)O)[C@@H]1c1ccc(Cl)c(F)c1. The van der Waals surface area contributed by atoms with E-state index >= 15 is 0 Å². The largest absolute Gasteiger partial charge is 0.481 e. The number of halogens is 2. The zero-order valence-corrected chi connectivity index (χ0v) is 12.8. The summed E-state index contributed by atoms with van der Waals surface area (Å²) in [5.74, 6) is -2.81. The normalized spacial score (nSPS) is 22.7. The van der Waals surface area contributed by atoms with Crippen molar-refractivity contribution in [3.8, 4) is 0 Å². The molecule has 0 unspecified atom stereocenters. The molecule has 0 spiro atoms. The highest BCUT2D eigenvalue weighted by molar-refractivity contribution is 6.30. The summed E-state index contributed by atoms with van der Waals surface area (Å²) in [5, 5.41) is 9.34. The third kappa shape index (κ3) is 2.88. The van der Waals surface area contributed by atoms with E-state index in [9.17, 15) is 19.1 Å². The molecule has 0 aromatic heterocycles. The van der Waals surface area contributed by atoms with Crippen molar-refractivity contribution in [1.29, 1.82) is 0 Å². The monoisotopic (exact) mass is 313 g/mol. The quantitative estimate of drug-likeness (QED) is 0.911. The van der Waals surface area contributed by atoms with Crippen LogP contribution in [0.15, 0.2) is 18.2 Å². The molecule has 2 atom stereocenters. The van der Waals surface area contributed by atoms with Crippen LogP contribution in [0.2, 0.25) is 5.02 Å². The molecule has 0 bridgehead atoms. The van der Waals surface area contributed by atoms with Gasteiger partial charge in [0, 0.05) is 12.0 Å². The van der Waals surface area contributed by atoms with Gasteiger partial charge in [-0.1, -0.05) is 17.7 Å². The summed E-state index contributed by atoms with van der Waals surface area (Å²) in [7, 11) is 0. The molecule has 4 nitrogen and oxygen atoms in total. The molecule has 0 saturated carbocycles. The minimum atomic E-state index is -1.06. The third-order valence-electron chi connectivity index (χ3n) is 3.65. The maximum atomic E-state index is 13.7. The van der Waals surface area contributed by atoms with Crippen LogP contribution in [-0.4, -0.2) is 27.4 Å². The van der Waals surface area contributed by atoms with Gasteiger partial charge in [-0.3, -0.25) is 9.59 Å². The standard InChI is InChI=1S/C15H17ClFNO3/c1-15(2,3)18-12(19)7-9(14(20)21)13(18)8-4-5-10(16)11(17)6-8/h4-6,9,13H,7H2,1-3H3,(H,20,21)/t9-,13-/m0/s1. The van der Waals surface area contributed by atoms with E-state index < -0.39 is 29.3 Å². The van der Waals surface area contributed by atoms with Crippen LogP contribution >= 0.6 is 11.6 Å². The number of hydrogen-bond donors (Lipinski definition) is 1. The number of carbonyl (C=O) groups is 2. The molecule has 114 valence electrons. The van der Waals surface area contributed by atoms with Gasteiger partial charge in [0.15, 0.2) is 0 Å². The molecule has 1 aliphatic heterocycles. The van der Waals surface area contributed by atoms with Crippen molar-refractivity contribution in [2.45, 2.75) is 38.8 Å². The Morgan fingerprint density at radius 3 is 2.52 bits per heavy atom. The minimum Gasteiger partial charge on any atom is -0.481 e. The molecule has 0 aliphatic carbocycles. The summed E-state index contributed by atoms with van der Waals surface area (Å²) in [6.45, 7) is 5.48. The molecule has 0 radical (unpaired) electrons. The van der Waals surface area contributed by atoms with E-state index in [1.54, 1.807) is 6.07 Å². The van der Waals surface area contributed by atoms with E-state index in [1.807, 2.05) is 20.8 Å². The highest BCUT2D eigenvalue weighted by atomic mass is 35.5. The number of carbonyl (C=O) groups excluding carboxylic acids is 1. The molecule has 21 heavy (non-hydrogen) atoms. The van der Waals surface area contributed by atoms with Gasteiger partial charge in [-0.15, -0.1) is 0 Å². The Morgan fingerprint density at radius 1 is 1.43 bits per heavy atom. The predicted molar refractivity (Wildman–Crippen MR) is 76.5 cm³/mol. The minimum absolute atomic E-state index is 0.0303. The summed E-state index contributed by atoms with van der Waals surface area (Å²) in [6.07, 6.45) is -0.0818. The van der Waals surface area contributed by atoms with E-state index in [4.69, 9.17) is 11.6 Å². The molecule has 1 heterocycles. The number of aliphatic carboxylic acids is 1. The van der Waals surface area contributed by atoms with Gasteiger partial charge in [-0.25, -0.2) is 4.39 Å². The van der Waals surface area contributed by atoms with Crippen molar-refractivity contribution in [3.05, 3.63) is 34.6 Å². The van der Waals surface area contributed by atoms with Gasteiger partial charge in [0.2, 0.25) is 5.91 Å². The lowest BCUT2D eigenvalue weighted by Crippen LogP contribution is -2.44. The van der Waals surface area contributed by atoms with Crippen LogP contribution in [0.1, 0.15) is 38.8 Å². The number of carboxylic acid groups (broad SMARTS) is 1. The summed E-state index contributed by atoms with van der Waals surface area (Å²) in [4.78, 5) is 25.2. The second-order valence-corrected chi connectivity index (χ2v) is 6.61. The number of likely N-dealkylation sites (tertiary alicyclic amines) is 1. The molecule has 1 aromatic carbocycles. The Kier molecular flexibility index (Phi) is 3.97. The zero-order valence-electron chi connectivity index (χ0n) is 12.1. The number of carboxylic acids is 1. The Balaban J connectivity index is 2.54. The number of benzene rings is 1.